The van der Waals surface area contributed by atoms with Gasteiger partial charge in [-0.2, -0.15) is 0 Å². The smallest absolute Gasteiger partial charge is 0.303 e. The van der Waals surface area contributed by atoms with Crippen LogP contribution in [-0.2, 0) is 14.8 Å². The summed E-state index contributed by atoms with van der Waals surface area (Å²) in [7, 11) is -3.27. The Balaban J connectivity index is 2.77. The molecule has 1 unspecified atom stereocenters. The fourth-order valence-electron chi connectivity index (χ4n) is 1.51. The third kappa shape index (κ3) is 4.37. The van der Waals surface area contributed by atoms with E-state index in [1.807, 2.05) is 6.92 Å². The molecule has 5 nitrogen and oxygen atoms in total. The lowest BCUT2D eigenvalue weighted by molar-refractivity contribution is -0.137. The van der Waals surface area contributed by atoms with Crippen LogP contribution >= 0.6 is 0 Å². The summed E-state index contributed by atoms with van der Waals surface area (Å²) in [5.41, 5.74) is 1.36. The Hall–Kier alpha value is -1.56. The van der Waals surface area contributed by atoms with Gasteiger partial charge in [0.15, 0.2) is 0 Å². The van der Waals surface area contributed by atoms with Crippen LogP contribution in [0, 0.1) is 0 Å². The molecule has 100 valence electrons. The Labute approximate surface area is 107 Å². The van der Waals surface area contributed by atoms with Gasteiger partial charge in [-0.1, -0.05) is 19.1 Å². The second kappa shape index (κ2) is 5.86. The normalized spacial score (nSPS) is 13.0. The molecule has 1 atom stereocenters. The Morgan fingerprint density at radius 3 is 2.33 bits per heavy atom. The molecule has 2 N–H and O–H groups in total. The van der Waals surface area contributed by atoms with Crippen molar-refractivity contribution in [3.63, 3.8) is 0 Å². The van der Waals surface area contributed by atoms with Crippen LogP contribution in [0.3, 0.4) is 0 Å². The average Bonchev–Trinajstić information content (AvgIpc) is 2.28. The van der Waals surface area contributed by atoms with E-state index >= 15 is 0 Å². The van der Waals surface area contributed by atoms with Gasteiger partial charge in [0.25, 0.3) is 0 Å². The second-order valence-corrected chi connectivity index (χ2v) is 6.14. The molecule has 0 spiro atoms. The first-order chi connectivity index (χ1) is 8.34. The maximum absolute atomic E-state index is 11.3. The highest BCUT2D eigenvalue weighted by Crippen LogP contribution is 2.21. The second-order valence-electron chi connectivity index (χ2n) is 4.13. The van der Waals surface area contributed by atoms with Crippen LogP contribution in [0.1, 0.15) is 31.7 Å². The van der Waals surface area contributed by atoms with Gasteiger partial charge in [-0.15, -0.1) is 0 Å². The quantitative estimate of drug-likeness (QED) is 0.829. The Morgan fingerprint density at radius 2 is 1.89 bits per heavy atom. The van der Waals surface area contributed by atoms with Crippen LogP contribution in [0.15, 0.2) is 24.3 Å². The summed E-state index contributed by atoms with van der Waals surface area (Å²) in [6.07, 6.45) is 0.0556. The van der Waals surface area contributed by atoms with Gasteiger partial charge in [-0.25, -0.2) is 8.42 Å². The summed E-state index contributed by atoms with van der Waals surface area (Å²) in [5.74, 6) is -0.929. The van der Waals surface area contributed by atoms with Gasteiger partial charge in [0.2, 0.25) is 10.0 Å². The maximum Gasteiger partial charge on any atom is 0.303 e. The third-order valence-electron chi connectivity index (χ3n) is 2.61. The molecule has 0 aliphatic carbocycles. The summed E-state index contributed by atoms with van der Waals surface area (Å²) in [6.45, 7) is 3.38. The number of aliphatic carboxylic acids is 1. The predicted molar refractivity (Wildman–Crippen MR) is 70.2 cm³/mol. The van der Waals surface area contributed by atoms with E-state index in [0.29, 0.717) is 5.69 Å². The van der Waals surface area contributed by atoms with Crippen molar-refractivity contribution in [3.05, 3.63) is 29.8 Å². The Morgan fingerprint density at radius 1 is 1.33 bits per heavy atom. The van der Waals surface area contributed by atoms with Crippen LogP contribution in [0.2, 0.25) is 0 Å². The summed E-state index contributed by atoms with van der Waals surface area (Å²) in [5, 5.41) is 8.69. The predicted octanol–water partition coefficient (Wildman–Crippen LogP) is 2.03. The highest BCUT2D eigenvalue weighted by Gasteiger charge is 2.11. The standard InChI is InChI=1S/C12H17NO4S/c1-3-18(16,17)13-11-6-4-10(5-7-11)9(2)8-12(14)15/h4-7,9,13H,3,8H2,1-2H3,(H,14,15). The Bertz CT molecular complexity index is 507. The molecule has 0 aliphatic heterocycles. The fourth-order valence-corrected chi connectivity index (χ4v) is 2.15. The number of hydrogen-bond acceptors (Lipinski definition) is 3. The number of carboxylic acid groups (broad SMARTS) is 1. The number of carboxylic acids is 1. The van der Waals surface area contributed by atoms with Gasteiger partial charge in [0.05, 0.1) is 12.2 Å². The van der Waals surface area contributed by atoms with E-state index in [2.05, 4.69) is 4.72 Å². The minimum atomic E-state index is -3.27. The third-order valence-corrected chi connectivity index (χ3v) is 3.92. The van der Waals surface area contributed by atoms with Crippen molar-refractivity contribution in [1.29, 1.82) is 0 Å². The van der Waals surface area contributed by atoms with Gasteiger partial charge < -0.3 is 5.11 Å². The van der Waals surface area contributed by atoms with Crippen LogP contribution in [-0.4, -0.2) is 25.2 Å². The van der Waals surface area contributed by atoms with Crippen molar-refractivity contribution in [2.75, 3.05) is 10.5 Å². The lowest BCUT2D eigenvalue weighted by atomic mass is 9.98. The highest BCUT2D eigenvalue weighted by molar-refractivity contribution is 7.92. The molecule has 0 aromatic heterocycles. The summed E-state index contributed by atoms with van der Waals surface area (Å²) < 4.78 is 25.1. The lowest BCUT2D eigenvalue weighted by Gasteiger charge is -2.11. The topological polar surface area (TPSA) is 83.5 Å². The van der Waals surface area contributed by atoms with Gasteiger partial charge >= 0.3 is 5.97 Å². The summed E-state index contributed by atoms with van der Waals surface area (Å²) in [4.78, 5) is 10.6. The number of benzene rings is 1. The molecule has 1 rings (SSSR count). The van der Waals surface area contributed by atoms with Crippen LogP contribution in [0.5, 0.6) is 0 Å². The van der Waals surface area contributed by atoms with Gasteiger partial charge in [-0.05, 0) is 30.5 Å². The lowest BCUT2D eigenvalue weighted by Crippen LogP contribution is -2.14. The SMILES string of the molecule is CCS(=O)(=O)Nc1ccc(C(C)CC(=O)O)cc1. The minimum absolute atomic E-state index is 0.0180. The van der Waals surface area contributed by atoms with E-state index in [1.54, 1.807) is 31.2 Å². The zero-order chi connectivity index (χ0) is 13.8. The molecule has 0 saturated heterocycles. The first kappa shape index (κ1) is 14.5. The largest absolute Gasteiger partial charge is 0.481 e. The molecule has 0 aliphatic rings. The molecule has 6 heteroatoms. The minimum Gasteiger partial charge on any atom is -0.481 e. The number of nitrogens with one attached hydrogen (secondary N) is 1. The van der Waals surface area contributed by atoms with Crippen molar-refractivity contribution in [2.45, 2.75) is 26.2 Å². The van der Waals surface area contributed by atoms with Crippen molar-refractivity contribution in [1.82, 2.24) is 0 Å². The molecule has 18 heavy (non-hydrogen) atoms. The molecule has 0 heterocycles. The number of rotatable bonds is 6. The number of sulfonamides is 1. The van der Waals surface area contributed by atoms with E-state index in [4.69, 9.17) is 5.11 Å². The van der Waals surface area contributed by atoms with Crippen molar-refractivity contribution in [3.8, 4) is 0 Å². The fraction of sp³-hybridized carbons (Fsp3) is 0.417. The van der Waals surface area contributed by atoms with Crippen molar-refractivity contribution in [2.24, 2.45) is 0 Å². The number of carbonyl (C=O) groups is 1. The van der Waals surface area contributed by atoms with Crippen LogP contribution in [0.4, 0.5) is 5.69 Å². The Kier molecular flexibility index (Phi) is 4.72. The zero-order valence-electron chi connectivity index (χ0n) is 10.4. The maximum atomic E-state index is 11.3. The molecule has 0 fully saturated rings. The zero-order valence-corrected chi connectivity index (χ0v) is 11.2. The summed E-state index contributed by atoms with van der Waals surface area (Å²) >= 11 is 0. The van der Waals surface area contributed by atoms with Crippen LogP contribution in [0.25, 0.3) is 0 Å². The van der Waals surface area contributed by atoms with E-state index in [1.165, 1.54) is 0 Å². The van der Waals surface area contributed by atoms with Gasteiger partial charge in [0, 0.05) is 5.69 Å². The van der Waals surface area contributed by atoms with E-state index < -0.39 is 16.0 Å². The first-order valence-corrected chi connectivity index (χ1v) is 7.31. The molecular formula is C12H17NO4S. The molecule has 0 bridgehead atoms. The summed E-state index contributed by atoms with van der Waals surface area (Å²) in [6, 6.07) is 6.75. The van der Waals surface area contributed by atoms with Gasteiger partial charge in [0.1, 0.15) is 0 Å². The first-order valence-electron chi connectivity index (χ1n) is 5.66. The average molecular weight is 271 g/mol. The highest BCUT2D eigenvalue weighted by atomic mass is 32.2. The molecular weight excluding hydrogens is 254 g/mol. The van der Waals surface area contributed by atoms with Crippen molar-refractivity contribution >= 4 is 21.7 Å². The molecule has 0 saturated carbocycles. The number of hydrogen-bond donors (Lipinski definition) is 2. The molecule has 1 aromatic rings. The molecule has 0 radical (unpaired) electrons. The molecule has 0 amide bonds. The van der Waals surface area contributed by atoms with Gasteiger partial charge in [-0.3, -0.25) is 9.52 Å². The van der Waals surface area contributed by atoms with Crippen molar-refractivity contribution < 1.29 is 18.3 Å². The van der Waals surface area contributed by atoms with E-state index in [9.17, 15) is 13.2 Å². The molecule has 1 aromatic carbocycles. The van der Waals surface area contributed by atoms with Crippen LogP contribution < -0.4 is 4.72 Å². The number of anilines is 1. The van der Waals surface area contributed by atoms with E-state index in [0.717, 1.165) is 5.56 Å². The van der Waals surface area contributed by atoms with E-state index in [-0.39, 0.29) is 18.1 Å². The monoisotopic (exact) mass is 271 g/mol.